The van der Waals surface area contributed by atoms with Crippen LogP contribution in [0, 0.1) is 0 Å². The fourth-order valence-electron chi connectivity index (χ4n) is 0.351. The molecule has 0 aromatic carbocycles. The van der Waals surface area contributed by atoms with Crippen LogP contribution in [0.4, 0.5) is 4.79 Å². The second kappa shape index (κ2) is 5.01. The van der Waals surface area contributed by atoms with Gasteiger partial charge in [0.05, 0.1) is 13.7 Å². The Morgan fingerprint density at radius 2 is 2.50 bits per heavy atom. The highest BCUT2D eigenvalue weighted by molar-refractivity contribution is 5.66. The predicted molar refractivity (Wildman–Crippen MR) is 35.5 cm³/mol. The van der Waals surface area contributed by atoms with E-state index in [-0.39, 0.29) is 13.2 Å². The van der Waals surface area contributed by atoms with Crippen molar-refractivity contribution in [2.24, 2.45) is 5.73 Å². The SMILES string of the molecule is COC(=O)NC[C@H](N)CO. The van der Waals surface area contributed by atoms with E-state index < -0.39 is 12.1 Å². The molecule has 1 atom stereocenters. The number of hydrogen-bond acceptors (Lipinski definition) is 4. The van der Waals surface area contributed by atoms with Crippen molar-refractivity contribution in [2.45, 2.75) is 6.04 Å². The van der Waals surface area contributed by atoms with Crippen LogP contribution in [-0.4, -0.2) is 37.5 Å². The molecule has 4 N–H and O–H groups in total. The van der Waals surface area contributed by atoms with Crippen molar-refractivity contribution in [3.63, 3.8) is 0 Å². The van der Waals surface area contributed by atoms with E-state index in [1.54, 1.807) is 0 Å². The second-order valence-electron chi connectivity index (χ2n) is 1.82. The van der Waals surface area contributed by atoms with Crippen LogP contribution in [0.3, 0.4) is 0 Å². The molecule has 0 unspecified atom stereocenters. The van der Waals surface area contributed by atoms with Gasteiger partial charge < -0.3 is 20.9 Å². The van der Waals surface area contributed by atoms with Gasteiger partial charge in [0.15, 0.2) is 0 Å². The Balaban J connectivity index is 3.26. The van der Waals surface area contributed by atoms with Crippen molar-refractivity contribution >= 4 is 6.09 Å². The molecule has 0 heterocycles. The summed E-state index contributed by atoms with van der Waals surface area (Å²) >= 11 is 0. The zero-order valence-corrected chi connectivity index (χ0v) is 5.83. The Hall–Kier alpha value is -0.810. The molecule has 0 bridgehead atoms. The summed E-state index contributed by atoms with van der Waals surface area (Å²) in [6.45, 7) is 0.0766. The van der Waals surface area contributed by atoms with Crippen molar-refractivity contribution in [3.05, 3.63) is 0 Å². The summed E-state index contributed by atoms with van der Waals surface area (Å²) in [6, 6.07) is -0.418. The number of amides is 1. The van der Waals surface area contributed by atoms with Crippen molar-refractivity contribution in [1.82, 2.24) is 5.32 Å². The van der Waals surface area contributed by atoms with Crippen molar-refractivity contribution in [2.75, 3.05) is 20.3 Å². The number of carbonyl (C=O) groups is 1. The van der Waals surface area contributed by atoms with Crippen LogP contribution < -0.4 is 11.1 Å². The van der Waals surface area contributed by atoms with Crippen LogP contribution in [0.5, 0.6) is 0 Å². The second-order valence-corrected chi connectivity index (χ2v) is 1.82. The van der Waals surface area contributed by atoms with Gasteiger partial charge in [-0.1, -0.05) is 0 Å². The lowest BCUT2D eigenvalue weighted by Crippen LogP contribution is -2.39. The largest absolute Gasteiger partial charge is 0.453 e. The summed E-state index contributed by atoms with van der Waals surface area (Å²) in [5.41, 5.74) is 5.26. The van der Waals surface area contributed by atoms with E-state index >= 15 is 0 Å². The molecule has 0 aliphatic carbocycles. The molecule has 0 aliphatic rings. The average molecular weight is 148 g/mol. The first-order valence-corrected chi connectivity index (χ1v) is 2.89. The number of aliphatic hydroxyl groups is 1. The highest BCUT2D eigenvalue weighted by atomic mass is 16.5. The van der Waals surface area contributed by atoms with Gasteiger partial charge in [-0.3, -0.25) is 0 Å². The fraction of sp³-hybridized carbons (Fsp3) is 0.800. The van der Waals surface area contributed by atoms with Crippen LogP contribution in [-0.2, 0) is 4.74 Å². The number of aliphatic hydroxyl groups excluding tert-OH is 1. The molecule has 5 heteroatoms. The van der Waals surface area contributed by atoms with Gasteiger partial charge in [-0.05, 0) is 0 Å². The lowest BCUT2D eigenvalue weighted by atomic mass is 10.3. The van der Waals surface area contributed by atoms with Crippen molar-refractivity contribution in [1.29, 1.82) is 0 Å². The molecule has 0 aliphatic heterocycles. The highest BCUT2D eigenvalue weighted by Gasteiger charge is 2.02. The third-order valence-corrected chi connectivity index (χ3v) is 0.928. The lowest BCUT2D eigenvalue weighted by molar-refractivity contribution is 0.168. The smallest absolute Gasteiger partial charge is 0.406 e. The number of ether oxygens (including phenoxy) is 1. The Bertz CT molecular complexity index is 107. The van der Waals surface area contributed by atoms with Gasteiger partial charge in [0, 0.05) is 12.6 Å². The Morgan fingerprint density at radius 3 is 2.90 bits per heavy atom. The van der Waals surface area contributed by atoms with E-state index in [1.807, 2.05) is 0 Å². The zero-order chi connectivity index (χ0) is 7.98. The average Bonchev–Trinajstić information content (AvgIpc) is 1.99. The molecule has 0 spiro atoms. The number of hydrogen-bond donors (Lipinski definition) is 3. The fourth-order valence-corrected chi connectivity index (χ4v) is 0.351. The Labute approximate surface area is 59.2 Å². The van der Waals surface area contributed by atoms with Gasteiger partial charge in [0.25, 0.3) is 0 Å². The number of nitrogens with one attached hydrogen (secondary N) is 1. The highest BCUT2D eigenvalue weighted by Crippen LogP contribution is 1.74. The zero-order valence-electron chi connectivity index (χ0n) is 5.83. The van der Waals surface area contributed by atoms with Crippen LogP contribution in [0.2, 0.25) is 0 Å². The first-order valence-electron chi connectivity index (χ1n) is 2.89. The normalized spacial score (nSPS) is 12.3. The number of rotatable bonds is 3. The van der Waals surface area contributed by atoms with Gasteiger partial charge in [-0.2, -0.15) is 0 Å². The monoisotopic (exact) mass is 148 g/mol. The molecule has 0 aromatic heterocycles. The summed E-state index contributed by atoms with van der Waals surface area (Å²) in [4.78, 5) is 10.4. The Kier molecular flexibility index (Phi) is 4.61. The number of methoxy groups -OCH3 is 1. The predicted octanol–water partition coefficient (Wildman–Crippen LogP) is -1.34. The first-order chi connectivity index (χ1) is 4.70. The summed E-state index contributed by atoms with van der Waals surface area (Å²) in [5.74, 6) is 0. The maximum Gasteiger partial charge on any atom is 0.406 e. The molecular formula is C5H12N2O3. The number of alkyl carbamates (subject to hydrolysis) is 1. The molecule has 5 nitrogen and oxygen atoms in total. The molecule has 10 heavy (non-hydrogen) atoms. The minimum absolute atomic E-state index is 0.149. The van der Waals surface area contributed by atoms with Gasteiger partial charge in [0.2, 0.25) is 0 Å². The first kappa shape index (κ1) is 9.19. The van der Waals surface area contributed by atoms with E-state index in [9.17, 15) is 4.79 Å². The molecule has 0 radical (unpaired) electrons. The molecule has 1 amide bonds. The molecule has 60 valence electrons. The summed E-state index contributed by atoms with van der Waals surface area (Å²) < 4.78 is 4.26. The lowest BCUT2D eigenvalue weighted by Gasteiger charge is -2.07. The van der Waals surface area contributed by atoms with Crippen LogP contribution >= 0.6 is 0 Å². The summed E-state index contributed by atoms with van der Waals surface area (Å²) in [7, 11) is 1.26. The molecule has 0 fully saturated rings. The molecule has 0 saturated carbocycles. The topological polar surface area (TPSA) is 84.6 Å². The van der Waals surface area contributed by atoms with E-state index in [2.05, 4.69) is 10.1 Å². The number of nitrogens with two attached hydrogens (primary N) is 1. The maximum absolute atomic E-state index is 10.4. The quantitative estimate of drug-likeness (QED) is 0.462. The molecule has 0 rings (SSSR count). The van der Waals surface area contributed by atoms with E-state index in [0.29, 0.717) is 0 Å². The van der Waals surface area contributed by atoms with Crippen molar-refractivity contribution in [3.8, 4) is 0 Å². The minimum atomic E-state index is -0.538. The number of carbonyl (C=O) groups excluding carboxylic acids is 1. The van der Waals surface area contributed by atoms with Gasteiger partial charge in [-0.15, -0.1) is 0 Å². The molecule has 0 saturated heterocycles. The minimum Gasteiger partial charge on any atom is -0.453 e. The third kappa shape index (κ3) is 4.11. The van der Waals surface area contributed by atoms with Crippen LogP contribution in [0.25, 0.3) is 0 Å². The molecular weight excluding hydrogens is 136 g/mol. The van der Waals surface area contributed by atoms with Crippen LogP contribution in [0.1, 0.15) is 0 Å². The van der Waals surface area contributed by atoms with Gasteiger partial charge in [-0.25, -0.2) is 4.79 Å². The standard InChI is InChI=1S/C5H12N2O3/c1-10-5(9)7-2-4(6)3-8/h4,8H,2-3,6H2,1H3,(H,7,9)/t4-/m0/s1. The summed E-state index contributed by atoms with van der Waals surface area (Å²) in [5, 5.41) is 10.7. The van der Waals surface area contributed by atoms with Crippen LogP contribution in [0.15, 0.2) is 0 Å². The van der Waals surface area contributed by atoms with E-state index in [0.717, 1.165) is 0 Å². The maximum atomic E-state index is 10.4. The van der Waals surface area contributed by atoms with Crippen molar-refractivity contribution < 1.29 is 14.6 Å². The third-order valence-electron chi connectivity index (χ3n) is 0.928. The summed E-state index contributed by atoms with van der Waals surface area (Å²) in [6.07, 6.45) is -0.538. The van der Waals surface area contributed by atoms with Gasteiger partial charge >= 0.3 is 6.09 Å². The molecule has 0 aromatic rings. The van der Waals surface area contributed by atoms with Gasteiger partial charge in [0.1, 0.15) is 0 Å². The van der Waals surface area contributed by atoms with E-state index in [1.165, 1.54) is 7.11 Å². The van der Waals surface area contributed by atoms with E-state index in [4.69, 9.17) is 10.8 Å². The Morgan fingerprint density at radius 1 is 1.90 bits per heavy atom.